The Morgan fingerprint density at radius 3 is 3.21 bits per heavy atom. The third-order valence-electron chi connectivity index (χ3n) is 2.22. The Hall–Kier alpha value is -1.71. The maximum Gasteiger partial charge on any atom is 0.312 e. The molecule has 0 saturated heterocycles. The van der Waals surface area contributed by atoms with E-state index < -0.39 is 6.03 Å². The Morgan fingerprint density at radius 2 is 2.43 bits per heavy atom. The summed E-state index contributed by atoms with van der Waals surface area (Å²) in [7, 11) is 0. The maximum absolute atomic E-state index is 10.5. The normalized spacial score (nSPS) is 13.1. The molecule has 1 aliphatic rings. The summed E-state index contributed by atoms with van der Waals surface area (Å²) in [6.07, 6.45) is 0.944. The summed E-state index contributed by atoms with van der Waals surface area (Å²) < 4.78 is 5.37. The molecule has 4 nitrogen and oxygen atoms in total. The fraction of sp³-hybridized carbons (Fsp3) is 0.300. The van der Waals surface area contributed by atoms with E-state index in [9.17, 15) is 4.79 Å². The van der Waals surface area contributed by atoms with Crippen molar-refractivity contribution in [2.24, 2.45) is 5.73 Å². The van der Waals surface area contributed by atoms with Gasteiger partial charge < -0.3 is 15.8 Å². The molecule has 1 aromatic rings. The molecule has 3 N–H and O–H groups in total. The molecule has 0 aromatic heterocycles. The Bertz CT molecular complexity index is 363. The molecule has 0 unspecified atom stereocenters. The van der Waals surface area contributed by atoms with Gasteiger partial charge in [-0.25, -0.2) is 4.79 Å². The van der Waals surface area contributed by atoms with Crippen molar-refractivity contribution in [3.8, 4) is 5.75 Å². The van der Waals surface area contributed by atoms with Crippen LogP contribution in [-0.4, -0.2) is 12.6 Å². The lowest BCUT2D eigenvalue weighted by Gasteiger charge is -2.04. The van der Waals surface area contributed by atoms with E-state index >= 15 is 0 Å². The van der Waals surface area contributed by atoms with Crippen molar-refractivity contribution in [3.63, 3.8) is 0 Å². The van der Waals surface area contributed by atoms with Crippen molar-refractivity contribution in [3.05, 3.63) is 29.3 Å². The summed E-state index contributed by atoms with van der Waals surface area (Å²) in [6.45, 7) is 1.23. The fourth-order valence-corrected chi connectivity index (χ4v) is 1.54. The number of hydrogen-bond acceptors (Lipinski definition) is 2. The van der Waals surface area contributed by atoms with Crippen LogP contribution in [0.4, 0.5) is 4.79 Å². The summed E-state index contributed by atoms with van der Waals surface area (Å²) in [5.41, 5.74) is 7.23. The van der Waals surface area contributed by atoms with Gasteiger partial charge in [-0.05, 0) is 17.2 Å². The number of urea groups is 1. The molecule has 0 atom stereocenters. The van der Waals surface area contributed by atoms with Crippen molar-refractivity contribution in [1.82, 2.24) is 5.32 Å². The van der Waals surface area contributed by atoms with E-state index in [1.54, 1.807) is 0 Å². The number of amides is 2. The van der Waals surface area contributed by atoms with Gasteiger partial charge in [-0.15, -0.1) is 0 Å². The van der Waals surface area contributed by atoms with Crippen LogP contribution in [0.25, 0.3) is 0 Å². The number of primary amides is 1. The first-order chi connectivity index (χ1) is 6.75. The molecule has 2 amide bonds. The highest BCUT2D eigenvalue weighted by Crippen LogP contribution is 2.25. The number of benzene rings is 1. The summed E-state index contributed by atoms with van der Waals surface area (Å²) in [5, 5.41) is 2.55. The molecule has 0 fully saturated rings. The number of ether oxygens (including phenoxy) is 1. The topological polar surface area (TPSA) is 64.4 Å². The zero-order valence-corrected chi connectivity index (χ0v) is 7.75. The second kappa shape index (κ2) is 3.57. The van der Waals surface area contributed by atoms with Gasteiger partial charge in [0.15, 0.2) is 0 Å². The van der Waals surface area contributed by atoms with Crippen LogP contribution in [0.15, 0.2) is 18.2 Å². The summed E-state index contributed by atoms with van der Waals surface area (Å²) >= 11 is 0. The molecule has 0 radical (unpaired) electrons. The first-order valence-corrected chi connectivity index (χ1v) is 4.53. The molecule has 0 spiro atoms. The summed E-state index contributed by atoms with van der Waals surface area (Å²) in [5.74, 6) is 0.952. The lowest BCUT2D eigenvalue weighted by molar-refractivity contribution is 0.248. The van der Waals surface area contributed by atoms with Gasteiger partial charge in [-0.3, -0.25) is 0 Å². The highest BCUT2D eigenvalue weighted by molar-refractivity contribution is 5.71. The highest BCUT2D eigenvalue weighted by atomic mass is 16.5. The highest BCUT2D eigenvalue weighted by Gasteiger charge is 2.11. The number of carbonyl (C=O) groups is 1. The van der Waals surface area contributed by atoms with Crippen molar-refractivity contribution in [2.75, 3.05) is 6.61 Å². The van der Waals surface area contributed by atoms with Crippen molar-refractivity contribution in [1.29, 1.82) is 0 Å². The monoisotopic (exact) mass is 192 g/mol. The third-order valence-corrected chi connectivity index (χ3v) is 2.22. The molecule has 1 aromatic carbocycles. The van der Waals surface area contributed by atoms with Gasteiger partial charge in [0.25, 0.3) is 0 Å². The average Bonchev–Trinajstić information content (AvgIpc) is 2.61. The van der Waals surface area contributed by atoms with Gasteiger partial charge in [0.05, 0.1) is 6.61 Å². The van der Waals surface area contributed by atoms with Gasteiger partial charge in [0, 0.05) is 13.0 Å². The fourth-order valence-electron chi connectivity index (χ4n) is 1.54. The van der Waals surface area contributed by atoms with Crippen molar-refractivity contribution in [2.45, 2.75) is 13.0 Å². The van der Waals surface area contributed by atoms with Gasteiger partial charge in [-0.1, -0.05) is 12.1 Å². The number of nitrogens with one attached hydrogen (secondary N) is 1. The summed E-state index contributed by atoms with van der Waals surface area (Å²) in [4.78, 5) is 10.5. The number of rotatable bonds is 2. The second-order valence-electron chi connectivity index (χ2n) is 3.26. The van der Waals surface area contributed by atoms with E-state index in [4.69, 9.17) is 10.5 Å². The maximum atomic E-state index is 10.5. The van der Waals surface area contributed by atoms with Crippen LogP contribution >= 0.6 is 0 Å². The van der Waals surface area contributed by atoms with Crippen LogP contribution in [0, 0.1) is 0 Å². The average molecular weight is 192 g/mol. The van der Waals surface area contributed by atoms with Crippen LogP contribution in [0.5, 0.6) is 5.75 Å². The smallest absolute Gasteiger partial charge is 0.312 e. The molecule has 1 heterocycles. The lowest BCUT2D eigenvalue weighted by Crippen LogP contribution is -2.28. The molecular formula is C10H12N2O2. The van der Waals surface area contributed by atoms with Crippen LogP contribution < -0.4 is 15.8 Å². The van der Waals surface area contributed by atoms with E-state index in [0.717, 1.165) is 24.3 Å². The third kappa shape index (κ3) is 1.79. The number of nitrogens with two attached hydrogens (primary N) is 1. The molecular weight excluding hydrogens is 180 g/mol. The Kier molecular flexibility index (Phi) is 2.26. The first-order valence-electron chi connectivity index (χ1n) is 4.53. The van der Waals surface area contributed by atoms with Gasteiger partial charge in [0.2, 0.25) is 0 Å². The minimum absolute atomic E-state index is 0.475. The first kappa shape index (κ1) is 8.87. The van der Waals surface area contributed by atoms with Gasteiger partial charge >= 0.3 is 6.03 Å². The molecule has 0 bridgehead atoms. The Balaban J connectivity index is 2.09. The molecule has 2 rings (SSSR count). The predicted molar refractivity (Wildman–Crippen MR) is 52.1 cm³/mol. The van der Waals surface area contributed by atoms with E-state index in [2.05, 4.69) is 5.32 Å². The second-order valence-corrected chi connectivity index (χ2v) is 3.26. The quantitative estimate of drug-likeness (QED) is 0.727. The minimum Gasteiger partial charge on any atom is -0.493 e. The van der Waals surface area contributed by atoms with E-state index in [-0.39, 0.29) is 0 Å². The number of hydrogen-bond donors (Lipinski definition) is 2. The van der Waals surface area contributed by atoms with Crippen LogP contribution in [0.2, 0.25) is 0 Å². The van der Waals surface area contributed by atoms with Crippen molar-refractivity contribution < 1.29 is 9.53 Å². The molecule has 14 heavy (non-hydrogen) atoms. The number of carbonyl (C=O) groups excluding carboxylic acids is 1. The van der Waals surface area contributed by atoms with Gasteiger partial charge in [-0.2, -0.15) is 0 Å². The zero-order valence-electron chi connectivity index (χ0n) is 7.75. The van der Waals surface area contributed by atoms with E-state index in [1.807, 2.05) is 18.2 Å². The van der Waals surface area contributed by atoms with Crippen LogP contribution in [0.3, 0.4) is 0 Å². The van der Waals surface area contributed by atoms with E-state index in [1.165, 1.54) is 5.56 Å². The Morgan fingerprint density at radius 1 is 1.57 bits per heavy atom. The van der Waals surface area contributed by atoms with Crippen LogP contribution in [-0.2, 0) is 13.0 Å². The molecule has 74 valence electrons. The number of fused-ring (bicyclic) bond motifs is 1. The van der Waals surface area contributed by atoms with Crippen LogP contribution in [0.1, 0.15) is 11.1 Å². The van der Waals surface area contributed by atoms with Crippen molar-refractivity contribution >= 4 is 6.03 Å². The minimum atomic E-state index is -0.498. The summed E-state index contributed by atoms with van der Waals surface area (Å²) in [6, 6.07) is 5.40. The largest absolute Gasteiger partial charge is 0.493 e. The molecule has 0 aliphatic carbocycles. The molecule has 0 saturated carbocycles. The zero-order chi connectivity index (χ0) is 9.97. The Labute approximate surface area is 82.1 Å². The standard InChI is InChI=1S/C10H12N2O2/c11-10(13)12-6-7-1-2-9-8(5-7)3-4-14-9/h1-2,5H,3-4,6H2,(H3,11,12,13). The molecule has 4 heteroatoms. The van der Waals surface area contributed by atoms with Gasteiger partial charge in [0.1, 0.15) is 5.75 Å². The SMILES string of the molecule is NC(=O)NCc1ccc2c(c1)CCO2. The molecule has 1 aliphatic heterocycles. The lowest BCUT2D eigenvalue weighted by atomic mass is 10.1. The van der Waals surface area contributed by atoms with E-state index in [0.29, 0.717) is 6.54 Å². The predicted octanol–water partition coefficient (Wildman–Crippen LogP) is 0.790.